The van der Waals surface area contributed by atoms with Crippen LogP contribution in [0.25, 0.3) is 6.08 Å². The van der Waals surface area contributed by atoms with Crippen molar-refractivity contribution < 1.29 is 4.79 Å². The largest absolute Gasteiger partial charge is 0.289 e. The van der Waals surface area contributed by atoms with Gasteiger partial charge in [-0.15, -0.1) is 0 Å². The Labute approximate surface area is 112 Å². The van der Waals surface area contributed by atoms with Crippen molar-refractivity contribution in [1.29, 1.82) is 0 Å². The Balaban J connectivity index is 1.98. The first kappa shape index (κ1) is 11.9. The Kier molecular flexibility index (Phi) is 2.82. The second-order valence-electron chi connectivity index (χ2n) is 4.86. The molecule has 0 N–H and O–H groups in total. The van der Waals surface area contributed by atoms with Gasteiger partial charge in [0.2, 0.25) is 0 Å². The highest BCUT2D eigenvalue weighted by Crippen LogP contribution is 2.27. The number of nitrogens with zero attached hydrogens (tertiary/aromatic N) is 2. The fraction of sp³-hybridized carbons (Fsp3) is 0.250. The molecule has 3 heteroatoms. The van der Waals surface area contributed by atoms with Crippen LogP contribution in [-0.4, -0.2) is 15.6 Å². The monoisotopic (exact) mass is 252 g/mol. The third kappa shape index (κ3) is 2.01. The molecule has 1 aliphatic rings. The van der Waals surface area contributed by atoms with E-state index in [4.69, 9.17) is 0 Å². The van der Waals surface area contributed by atoms with E-state index in [-0.39, 0.29) is 5.78 Å². The molecule has 1 aliphatic carbocycles. The molecule has 3 nitrogen and oxygen atoms in total. The molecule has 1 aromatic heterocycles. The number of ketones is 1. The number of rotatable bonds is 2. The molecule has 96 valence electrons. The van der Waals surface area contributed by atoms with E-state index in [1.54, 1.807) is 0 Å². The molecular weight excluding hydrogens is 236 g/mol. The number of allylic oxidation sites excluding steroid dienone is 1. The fourth-order valence-electron chi connectivity index (χ4n) is 2.50. The summed E-state index contributed by atoms with van der Waals surface area (Å²) >= 11 is 0. The molecule has 1 aromatic carbocycles. The minimum absolute atomic E-state index is 0.152. The van der Waals surface area contributed by atoms with E-state index >= 15 is 0 Å². The summed E-state index contributed by atoms with van der Waals surface area (Å²) in [6.45, 7) is 4.88. The minimum atomic E-state index is 0.152. The van der Waals surface area contributed by atoms with Gasteiger partial charge < -0.3 is 0 Å². The van der Waals surface area contributed by atoms with Crippen LogP contribution in [0.3, 0.4) is 0 Å². The molecule has 0 saturated heterocycles. The second kappa shape index (κ2) is 4.50. The maximum Gasteiger partial charge on any atom is 0.189 e. The van der Waals surface area contributed by atoms with Gasteiger partial charge in [-0.05, 0) is 25.5 Å². The molecule has 0 saturated carbocycles. The molecule has 0 unspecified atom stereocenters. The first-order valence-electron chi connectivity index (χ1n) is 6.56. The van der Waals surface area contributed by atoms with Crippen LogP contribution in [-0.2, 0) is 13.0 Å². The van der Waals surface area contributed by atoms with E-state index < -0.39 is 0 Å². The summed E-state index contributed by atoms with van der Waals surface area (Å²) in [6, 6.07) is 7.83. The van der Waals surface area contributed by atoms with Gasteiger partial charge in [-0.3, -0.25) is 9.48 Å². The number of Topliss-reactive ketones (excluding diaryl/α,β-unsaturated/α-hetero) is 1. The van der Waals surface area contributed by atoms with Gasteiger partial charge in [0.15, 0.2) is 5.78 Å². The molecule has 1 heterocycles. The topological polar surface area (TPSA) is 34.9 Å². The highest BCUT2D eigenvalue weighted by molar-refractivity contribution is 6.15. The quantitative estimate of drug-likeness (QED) is 0.770. The SMILES string of the molecule is CCn1cc(/C=C2\Cc3ccccc3C2=O)c(C)n1. The summed E-state index contributed by atoms with van der Waals surface area (Å²) in [7, 11) is 0. The number of aryl methyl sites for hydroxylation is 2. The Bertz CT molecular complexity index is 680. The third-order valence-electron chi connectivity index (χ3n) is 3.57. The summed E-state index contributed by atoms with van der Waals surface area (Å²) in [5.41, 5.74) is 4.84. The van der Waals surface area contributed by atoms with Crippen molar-refractivity contribution >= 4 is 11.9 Å². The molecule has 3 rings (SSSR count). The van der Waals surface area contributed by atoms with E-state index in [0.717, 1.165) is 40.9 Å². The van der Waals surface area contributed by atoms with Gasteiger partial charge in [0.1, 0.15) is 0 Å². The normalized spacial score (nSPS) is 16.1. The predicted molar refractivity (Wildman–Crippen MR) is 75.1 cm³/mol. The highest BCUT2D eigenvalue weighted by atomic mass is 16.1. The molecule has 0 amide bonds. The lowest BCUT2D eigenvalue weighted by Gasteiger charge is -1.94. The Hall–Kier alpha value is -2.16. The zero-order chi connectivity index (χ0) is 13.4. The zero-order valence-corrected chi connectivity index (χ0v) is 11.2. The van der Waals surface area contributed by atoms with Gasteiger partial charge in [0.25, 0.3) is 0 Å². The first-order chi connectivity index (χ1) is 9.19. The molecule has 0 bridgehead atoms. The summed E-state index contributed by atoms with van der Waals surface area (Å²) < 4.78 is 1.90. The second-order valence-corrected chi connectivity index (χ2v) is 4.86. The predicted octanol–water partition coefficient (Wildman–Crippen LogP) is 3.03. The van der Waals surface area contributed by atoms with Crippen molar-refractivity contribution in [3.05, 3.63) is 58.4 Å². The van der Waals surface area contributed by atoms with Crippen LogP contribution in [0.4, 0.5) is 0 Å². The molecule has 0 radical (unpaired) electrons. The van der Waals surface area contributed by atoms with Crippen molar-refractivity contribution in [3.63, 3.8) is 0 Å². The van der Waals surface area contributed by atoms with Gasteiger partial charge in [0, 0.05) is 35.9 Å². The minimum Gasteiger partial charge on any atom is -0.289 e. The Morgan fingerprint density at radius 1 is 1.37 bits per heavy atom. The zero-order valence-electron chi connectivity index (χ0n) is 11.2. The molecule has 0 spiro atoms. The van der Waals surface area contributed by atoms with Crippen LogP contribution >= 0.6 is 0 Å². The van der Waals surface area contributed by atoms with Crippen LogP contribution in [0.5, 0.6) is 0 Å². The average molecular weight is 252 g/mol. The van der Waals surface area contributed by atoms with Crippen molar-refractivity contribution in [1.82, 2.24) is 9.78 Å². The number of hydrogen-bond donors (Lipinski definition) is 0. The van der Waals surface area contributed by atoms with Crippen molar-refractivity contribution in [2.45, 2.75) is 26.8 Å². The summed E-state index contributed by atoms with van der Waals surface area (Å²) in [4.78, 5) is 12.3. The van der Waals surface area contributed by atoms with E-state index in [1.165, 1.54) is 0 Å². The number of fused-ring (bicyclic) bond motifs is 1. The van der Waals surface area contributed by atoms with Crippen LogP contribution in [0.15, 0.2) is 36.0 Å². The molecule has 0 fully saturated rings. The van der Waals surface area contributed by atoms with Crippen LogP contribution < -0.4 is 0 Å². The lowest BCUT2D eigenvalue weighted by molar-refractivity contribution is 0.104. The van der Waals surface area contributed by atoms with Crippen LogP contribution in [0.1, 0.15) is 34.1 Å². The van der Waals surface area contributed by atoms with Gasteiger partial charge in [0.05, 0.1) is 5.69 Å². The molecule has 19 heavy (non-hydrogen) atoms. The maximum absolute atomic E-state index is 12.3. The summed E-state index contributed by atoms with van der Waals surface area (Å²) in [6.07, 6.45) is 4.71. The van der Waals surface area contributed by atoms with E-state index in [0.29, 0.717) is 0 Å². The fourth-order valence-corrected chi connectivity index (χ4v) is 2.50. The van der Waals surface area contributed by atoms with Crippen LogP contribution in [0.2, 0.25) is 0 Å². The van der Waals surface area contributed by atoms with Gasteiger partial charge in [-0.1, -0.05) is 24.3 Å². The van der Waals surface area contributed by atoms with E-state index in [2.05, 4.69) is 12.0 Å². The van der Waals surface area contributed by atoms with E-state index in [9.17, 15) is 4.79 Å². The first-order valence-corrected chi connectivity index (χ1v) is 6.56. The number of carbonyl (C=O) groups excluding carboxylic acids is 1. The molecular formula is C16H16N2O. The van der Waals surface area contributed by atoms with Crippen LogP contribution in [0, 0.1) is 6.92 Å². The van der Waals surface area contributed by atoms with Crippen molar-refractivity contribution in [3.8, 4) is 0 Å². The van der Waals surface area contributed by atoms with Crippen molar-refractivity contribution in [2.75, 3.05) is 0 Å². The van der Waals surface area contributed by atoms with Gasteiger partial charge in [-0.25, -0.2) is 0 Å². The number of aromatic nitrogens is 2. The highest BCUT2D eigenvalue weighted by Gasteiger charge is 2.24. The maximum atomic E-state index is 12.3. The molecule has 0 aliphatic heterocycles. The third-order valence-corrected chi connectivity index (χ3v) is 3.57. The number of hydrogen-bond acceptors (Lipinski definition) is 2. The van der Waals surface area contributed by atoms with Gasteiger partial charge >= 0.3 is 0 Å². The Morgan fingerprint density at radius 3 is 2.84 bits per heavy atom. The number of carbonyl (C=O) groups is 1. The Morgan fingerprint density at radius 2 is 2.16 bits per heavy atom. The standard InChI is InChI=1S/C16H16N2O/c1-3-18-10-14(11(2)17-18)9-13-8-12-6-4-5-7-15(12)16(13)19/h4-7,9-10H,3,8H2,1-2H3/b13-9+. The van der Waals surface area contributed by atoms with Crippen molar-refractivity contribution in [2.24, 2.45) is 0 Å². The summed E-state index contributed by atoms with van der Waals surface area (Å²) in [5.74, 6) is 0.152. The summed E-state index contributed by atoms with van der Waals surface area (Å²) in [5, 5.41) is 4.41. The smallest absolute Gasteiger partial charge is 0.189 e. The average Bonchev–Trinajstić information content (AvgIpc) is 2.93. The van der Waals surface area contributed by atoms with E-state index in [1.807, 2.05) is 48.1 Å². The number of benzene rings is 1. The molecule has 0 atom stereocenters. The lowest BCUT2D eigenvalue weighted by Crippen LogP contribution is -1.95. The molecule has 2 aromatic rings. The van der Waals surface area contributed by atoms with Gasteiger partial charge in [-0.2, -0.15) is 5.10 Å². The lowest BCUT2D eigenvalue weighted by atomic mass is 10.1.